The Kier molecular flexibility index (Phi) is 6.34. The van der Waals surface area contributed by atoms with Crippen LogP contribution >= 0.6 is 0 Å². The van der Waals surface area contributed by atoms with Crippen LogP contribution < -0.4 is 0 Å². The van der Waals surface area contributed by atoms with Gasteiger partial charge in [-0.3, -0.25) is 0 Å². The fraction of sp³-hybridized carbons (Fsp3) is 0.903. The normalized spacial score (nSPS) is 50.7. The number of aldehydes is 1. The second-order valence-electron chi connectivity index (χ2n) is 15.3. The van der Waals surface area contributed by atoms with Crippen molar-refractivity contribution < 1.29 is 15.0 Å². The number of fused-ring (bicyclic) bond motifs is 5. The minimum Gasteiger partial charge on any atom is -0.393 e. The maximum Gasteiger partial charge on any atom is 0.125 e. The Labute approximate surface area is 209 Å². The van der Waals surface area contributed by atoms with Crippen LogP contribution in [0.5, 0.6) is 0 Å². The highest BCUT2D eigenvalue weighted by Crippen LogP contribution is 2.72. The summed E-state index contributed by atoms with van der Waals surface area (Å²) < 4.78 is 0. The highest BCUT2D eigenvalue weighted by atomic mass is 16.3. The zero-order chi connectivity index (χ0) is 25.4. The lowest BCUT2D eigenvalue weighted by Gasteiger charge is -2.68. The maximum absolute atomic E-state index is 12.3. The summed E-state index contributed by atoms with van der Waals surface area (Å²) in [5.41, 5.74) is 1.20. The molecule has 2 N–H and O–H groups in total. The van der Waals surface area contributed by atoms with Crippen LogP contribution in [0.2, 0.25) is 0 Å². The van der Waals surface area contributed by atoms with Crippen LogP contribution in [0.15, 0.2) is 11.6 Å². The Balaban J connectivity index is 1.82. The highest BCUT2D eigenvalue weighted by molar-refractivity contribution is 5.58. The number of aliphatic hydroxyl groups excluding tert-OH is 2. The van der Waals surface area contributed by atoms with E-state index in [0.29, 0.717) is 5.92 Å². The molecular formula is C31H52O3. The van der Waals surface area contributed by atoms with Gasteiger partial charge in [-0.1, -0.05) is 67.0 Å². The van der Waals surface area contributed by atoms with E-state index >= 15 is 0 Å². The van der Waals surface area contributed by atoms with Crippen molar-refractivity contribution in [2.45, 2.75) is 132 Å². The summed E-state index contributed by atoms with van der Waals surface area (Å²) in [5, 5.41) is 22.6. The molecule has 0 aliphatic heterocycles. The van der Waals surface area contributed by atoms with Crippen LogP contribution in [0.25, 0.3) is 0 Å². The zero-order valence-electron chi connectivity index (χ0n) is 23.3. The number of rotatable bonds is 1. The van der Waals surface area contributed by atoms with Gasteiger partial charge in [0.1, 0.15) is 6.29 Å². The summed E-state index contributed by atoms with van der Waals surface area (Å²) in [7, 11) is 0. The molecule has 1 unspecified atom stereocenters. The predicted octanol–water partition coefficient (Wildman–Crippen LogP) is 7.10. The average molecular weight is 473 g/mol. The van der Waals surface area contributed by atoms with Gasteiger partial charge in [-0.25, -0.2) is 0 Å². The highest BCUT2D eigenvalue weighted by Gasteiger charge is 2.65. The number of aliphatic hydroxyl groups is 2. The molecule has 0 amide bonds. The molecule has 0 aromatic carbocycles. The molecule has 4 aliphatic rings. The monoisotopic (exact) mass is 472 g/mol. The second kappa shape index (κ2) is 8.17. The van der Waals surface area contributed by atoms with E-state index in [2.05, 4.69) is 61.5 Å². The van der Waals surface area contributed by atoms with Crippen LogP contribution in [0.3, 0.4) is 0 Å². The molecule has 0 aromatic rings. The van der Waals surface area contributed by atoms with E-state index in [1.807, 2.05) is 0 Å². The van der Waals surface area contributed by atoms with E-state index in [0.717, 1.165) is 64.2 Å². The van der Waals surface area contributed by atoms with Crippen LogP contribution in [-0.4, -0.2) is 28.7 Å². The molecular weight excluding hydrogens is 420 g/mol. The molecule has 3 fully saturated rings. The summed E-state index contributed by atoms with van der Waals surface area (Å²) in [6.45, 7) is 18.8. The summed E-state index contributed by atoms with van der Waals surface area (Å²) in [5.74, 6) is 0.644. The molecule has 0 bridgehead atoms. The molecule has 0 saturated heterocycles. The van der Waals surface area contributed by atoms with E-state index in [4.69, 9.17) is 0 Å². The molecule has 4 rings (SSSR count). The molecule has 8 atom stereocenters. The smallest absolute Gasteiger partial charge is 0.125 e. The minimum atomic E-state index is -0.434. The second-order valence-corrected chi connectivity index (χ2v) is 15.3. The van der Waals surface area contributed by atoms with Crippen molar-refractivity contribution in [3.63, 3.8) is 0 Å². The number of hydrogen-bond acceptors (Lipinski definition) is 3. The van der Waals surface area contributed by atoms with Gasteiger partial charge in [0.25, 0.3) is 0 Å². The van der Waals surface area contributed by atoms with E-state index < -0.39 is 6.10 Å². The summed E-state index contributed by atoms with van der Waals surface area (Å²) in [4.78, 5) is 12.3. The van der Waals surface area contributed by atoms with Crippen molar-refractivity contribution >= 4 is 6.29 Å². The quantitative estimate of drug-likeness (QED) is 0.316. The molecule has 0 heterocycles. The fourth-order valence-corrected chi connectivity index (χ4v) is 9.32. The first kappa shape index (κ1) is 26.4. The van der Waals surface area contributed by atoms with Crippen molar-refractivity contribution in [3.05, 3.63) is 11.6 Å². The molecule has 4 aliphatic carbocycles. The number of carbonyl (C=O) groups is 1. The lowest BCUT2D eigenvalue weighted by Crippen LogP contribution is -2.62. The van der Waals surface area contributed by atoms with Crippen LogP contribution in [0.4, 0.5) is 0 Å². The predicted molar refractivity (Wildman–Crippen MR) is 139 cm³/mol. The molecule has 34 heavy (non-hydrogen) atoms. The van der Waals surface area contributed by atoms with E-state index in [1.54, 1.807) is 0 Å². The first-order valence-corrected chi connectivity index (χ1v) is 14.1. The van der Waals surface area contributed by atoms with Crippen molar-refractivity contribution in [1.82, 2.24) is 0 Å². The van der Waals surface area contributed by atoms with Crippen molar-refractivity contribution in [2.75, 3.05) is 0 Å². The molecule has 3 saturated carbocycles. The third-order valence-electron chi connectivity index (χ3n) is 12.4. The van der Waals surface area contributed by atoms with E-state index in [1.165, 1.54) is 11.9 Å². The topological polar surface area (TPSA) is 57.5 Å². The van der Waals surface area contributed by atoms with Crippen molar-refractivity contribution in [3.8, 4) is 0 Å². The Morgan fingerprint density at radius 2 is 1.44 bits per heavy atom. The van der Waals surface area contributed by atoms with Crippen LogP contribution in [0.1, 0.15) is 120 Å². The van der Waals surface area contributed by atoms with Gasteiger partial charge in [0.05, 0.1) is 12.2 Å². The maximum atomic E-state index is 12.3. The van der Waals surface area contributed by atoms with Crippen molar-refractivity contribution in [2.24, 2.45) is 44.3 Å². The first-order valence-electron chi connectivity index (χ1n) is 14.1. The summed E-state index contributed by atoms with van der Waals surface area (Å²) in [6.07, 6.45) is 12.9. The average Bonchev–Trinajstić information content (AvgIpc) is 2.75. The number of carbonyl (C=O) groups excluding carboxylic acids is 1. The van der Waals surface area contributed by atoms with E-state index in [-0.39, 0.29) is 44.5 Å². The Hall–Kier alpha value is -0.670. The molecule has 3 nitrogen and oxygen atoms in total. The van der Waals surface area contributed by atoms with Gasteiger partial charge in [-0.2, -0.15) is 0 Å². The molecule has 0 spiro atoms. The summed E-state index contributed by atoms with van der Waals surface area (Å²) in [6, 6.07) is 0. The zero-order valence-corrected chi connectivity index (χ0v) is 23.3. The lowest BCUT2D eigenvalue weighted by molar-refractivity contribution is -0.147. The lowest BCUT2D eigenvalue weighted by atomic mass is 9.37. The third-order valence-corrected chi connectivity index (χ3v) is 12.4. The van der Waals surface area contributed by atoms with Crippen molar-refractivity contribution in [1.29, 1.82) is 0 Å². The van der Waals surface area contributed by atoms with Crippen LogP contribution in [0, 0.1) is 44.3 Å². The fourth-order valence-electron chi connectivity index (χ4n) is 9.32. The van der Waals surface area contributed by atoms with Gasteiger partial charge in [0.2, 0.25) is 0 Å². The Morgan fingerprint density at radius 3 is 2.09 bits per heavy atom. The molecule has 194 valence electrons. The standard InChI is InChI=1S/C31H52O3/c1-26(2)12-9-21-22(33)19-24-29(6)13-11-25(34)27(3,4)23(29)10-14-31(24,8)30(21,7)18-17-28(5,20-32)16-15-26/h19-23,25,33-34H,9-18H2,1-8H3/t21?,22-,23+,25+,28+,29+,30-,31-/m1/s1. The van der Waals surface area contributed by atoms with Gasteiger partial charge in [-0.05, 0) is 103 Å². The molecule has 0 radical (unpaired) electrons. The van der Waals surface area contributed by atoms with Gasteiger partial charge in [0.15, 0.2) is 0 Å². The minimum absolute atomic E-state index is 0.00718. The van der Waals surface area contributed by atoms with Crippen LogP contribution in [-0.2, 0) is 4.79 Å². The van der Waals surface area contributed by atoms with Gasteiger partial charge in [0, 0.05) is 5.41 Å². The third kappa shape index (κ3) is 3.78. The van der Waals surface area contributed by atoms with Gasteiger partial charge >= 0.3 is 0 Å². The molecule has 0 aromatic heterocycles. The SMILES string of the molecule is CC1(C)CCC2[C@H](O)C=C3[C@@]4(C)CC[C@H](O)C(C)(C)[C@@H]4CC[C@@]3(C)[C@]2(C)CC[C@@](C)(C=O)CC1. The van der Waals surface area contributed by atoms with Gasteiger partial charge < -0.3 is 15.0 Å². The first-order chi connectivity index (χ1) is 15.5. The van der Waals surface area contributed by atoms with E-state index in [9.17, 15) is 15.0 Å². The number of hydrogen-bond donors (Lipinski definition) is 2. The Morgan fingerprint density at radius 1 is 0.794 bits per heavy atom. The largest absolute Gasteiger partial charge is 0.393 e. The summed E-state index contributed by atoms with van der Waals surface area (Å²) >= 11 is 0. The number of allylic oxidation sites excluding steroid dienone is 1. The Bertz CT molecular complexity index is 842. The molecule has 3 heteroatoms. The van der Waals surface area contributed by atoms with Gasteiger partial charge in [-0.15, -0.1) is 0 Å².